The van der Waals surface area contributed by atoms with Crippen LogP contribution in [0.1, 0.15) is 37.7 Å². The zero-order valence-corrected chi connectivity index (χ0v) is 11.6. The summed E-state index contributed by atoms with van der Waals surface area (Å²) in [4.78, 5) is 11.8. The number of hydrogen-bond acceptors (Lipinski definition) is 4. The average molecular weight is 299 g/mol. The van der Waals surface area contributed by atoms with Crippen molar-refractivity contribution in [2.75, 3.05) is 6.79 Å². The van der Waals surface area contributed by atoms with Crippen molar-refractivity contribution in [3.63, 3.8) is 0 Å². The largest absolute Gasteiger partial charge is 0.506 e. The number of ether oxygens (including phenoxy) is 2. The van der Waals surface area contributed by atoms with E-state index in [1.165, 1.54) is 0 Å². The summed E-state index contributed by atoms with van der Waals surface area (Å²) in [5, 5.41) is 20.0. The Morgan fingerprint density at radius 3 is 2.60 bits per heavy atom. The quantitative estimate of drug-likeness (QED) is 0.877. The molecular formula is C14H15ClO5. The number of benzene rings is 1. The van der Waals surface area contributed by atoms with Gasteiger partial charge < -0.3 is 19.7 Å². The number of carboxylic acid groups (broad SMARTS) is 1. The van der Waals surface area contributed by atoms with Gasteiger partial charge in [0.05, 0.1) is 5.41 Å². The molecule has 1 aromatic rings. The highest BCUT2D eigenvalue weighted by Gasteiger charge is 2.45. The summed E-state index contributed by atoms with van der Waals surface area (Å²) >= 11 is 6.08. The molecule has 6 heteroatoms. The number of carboxylic acids is 1. The molecule has 0 spiro atoms. The third-order valence-corrected chi connectivity index (χ3v) is 4.56. The molecule has 0 radical (unpaired) electrons. The van der Waals surface area contributed by atoms with E-state index in [0.717, 1.165) is 19.3 Å². The van der Waals surface area contributed by atoms with Gasteiger partial charge in [0.25, 0.3) is 0 Å². The zero-order valence-electron chi connectivity index (χ0n) is 10.8. The number of aromatic hydroxyl groups is 1. The van der Waals surface area contributed by atoms with Gasteiger partial charge in [-0.05, 0) is 18.9 Å². The molecule has 108 valence electrons. The van der Waals surface area contributed by atoms with Gasteiger partial charge in [-0.3, -0.25) is 4.79 Å². The van der Waals surface area contributed by atoms with Crippen molar-refractivity contribution in [2.45, 2.75) is 37.5 Å². The smallest absolute Gasteiger partial charge is 0.314 e. The molecule has 20 heavy (non-hydrogen) atoms. The fraction of sp³-hybridized carbons (Fsp3) is 0.500. The maximum Gasteiger partial charge on any atom is 0.314 e. The van der Waals surface area contributed by atoms with Crippen LogP contribution in [0.25, 0.3) is 0 Å². The first-order valence-corrected chi connectivity index (χ1v) is 6.99. The van der Waals surface area contributed by atoms with Crippen LogP contribution >= 0.6 is 11.6 Å². The van der Waals surface area contributed by atoms with Crippen LogP contribution in [0.4, 0.5) is 0 Å². The maximum atomic E-state index is 11.8. The maximum absolute atomic E-state index is 11.8. The molecule has 0 atom stereocenters. The highest BCUT2D eigenvalue weighted by molar-refractivity contribution is 6.34. The fourth-order valence-corrected chi connectivity index (χ4v) is 3.36. The van der Waals surface area contributed by atoms with E-state index < -0.39 is 11.4 Å². The molecule has 2 aliphatic rings. The van der Waals surface area contributed by atoms with Crippen molar-refractivity contribution in [1.82, 2.24) is 0 Å². The van der Waals surface area contributed by atoms with Gasteiger partial charge in [0.2, 0.25) is 6.79 Å². The van der Waals surface area contributed by atoms with Gasteiger partial charge in [-0.2, -0.15) is 0 Å². The molecular weight excluding hydrogens is 284 g/mol. The van der Waals surface area contributed by atoms with Gasteiger partial charge in [0, 0.05) is 5.56 Å². The van der Waals surface area contributed by atoms with Crippen molar-refractivity contribution in [2.24, 2.45) is 0 Å². The lowest BCUT2D eigenvalue weighted by molar-refractivity contribution is -0.145. The Bertz CT molecular complexity index is 563. The minimum Gasteiger partial charge on any atom is -0.506 e. The van der Waals surface area contributed by atoms with Crippen LogP contribution in [0.5, 0.6) is 17.2 Å². The van der Waals surface area contributed by atoms with E-state index in [4.69, 9.17) is 21.1 Å². The summed E-state index contributed by atoms with van der Waals surface area (Å²) in [7, 11) is 0. The summed E-state index contributed by atoms with van der Waals surface area (Å²) in [6.45, 7) is 0.0258. The fourth-order valence-electron chi connectivity index (χ4n) is 3.11. The predicted octanol–water partition coefficient (Wildman–Crippen LogP) is 3.06. The Kier molecular flexibility index (Phi) is 3.17. The van der Waals surface area contributed by atoms with Crippen LogP contribution < -0.4 is 9.47 Å². The Morgan fingerprint density at radius 2 is 1.95 bits per heavy atom. The topological polar surface area (TPSA) is 76.0 Å². The Balaban J connectivity index is 2.17. The van der Waals surface area contributed by atoms with Gasteiger partial charge in [-0.25, -0.2) is 0 Å². The van der Waals surface area contributed by atoms with E-state index in [1.54, 1.807) is 6.07 Å². The lowest BCUT2D eigenvalue weighted by atomic mass is 9.69. The van der Waals surface area contributed by atoms with Crippen molar-refractivity contribution >= 4 is 17.6 Å². The van der Waals surface area contributed by atoms with Crippen LogP contribution in [-0.4, -0.2) is 23.0 Å². The van der Waals surface area contributed by atoms with Crippen molar-refractivity contribution in [3.8, 4) is 17.2 Å². The number of carbonyl (C=O) groups is 1. The number of halogens is 1. The average Bonchev–Trinajstić information content (AvgIpc) is 2.92. The molecule has 1 aliphatic carbocycles. The van der Waals surface area contributed by atoms with Gasteiger partial charge in [0.1, 0.15) is 10.8 Å². The summed E-state index contributed by atoms with van der Waals surface area (Å²) < 4.78 is 10.5. The Hall–Kier alpha value is -1.62. The lowest BCUT2D eigenvalue weighted by Gasteiger charge is -2.34. The number of rotatable bonds is 2. The molecule has 1 fully saturated rings. The SMILES string of the molecule is O=C(O)C1(c2cc3c(c(Cl)c2O)OCO3)CCCCC1. The Labute approximate surface area is 121 Å². The molecule has 0 saturated heterocycles. The Morgan fingerprint density at radius 1 is 1.25 bits per heavy atom. The van der Waals surface area contributed by atoms with E-state index in [2.05, 4.69) is 0 Å². The third-order valence-electron chi connectivity index (χ3n) is 4.21. The first kappa shape index (κ1) is 13.4. The van der Waals surface area contributed by atoms with Gasteiger partial charge >= 0.3 is 5.97 Å². The number of hydrogen-bond donors (Lipinski definition) is 2. The van der Waals surface area contributed by atoms with Gasteiger partial charge in [-0.1, -0.05) is 30.9 Å². The minimum absolute atomic E-state index is 0.0258. The first-order chi connectivity index (χ1) is 9.56. The van der Waals surface area contributed by atoms with E-state index in [-0.39, 0.29) is 23.3 Å². The second-order valence-corrected chi connectivity index (χ2v) is 5.65. The van der Waals surface area contributed by atoms with E-state index >= 15 is 0 Å². The highest BCUT2D eigenvalue weighted by atomic mass is 35.5. The number of phenols is 1. The van der Waals surface area contributed by atoms with Crippen molar-refractivity contribution in [3.05, 3.63) is 16.7 Å². The predicted molar refractivity (Wildman–Crippen MR) is 71.6 cm³/mol. The standard InChI is InChI=1S/C14H15ClO5/c15-10-11(16)8(6-9-12(10)20-7-19-9)14(13(17)18)4-2-1-3-5-14/h6,16H,1-5,7H2,(H,17,18). The normalized spacial score (nSPS) is 19.9. The molecule has 1 saturated carbocycles. The van der Waals surface area contributed by atoms with Crippen LogP contribution in [0.2, 0.25) is 5.02 Å². The van der Waals surface area contributed by atoms with E-state index in [9.17, 15) is 15.0 Å². The zero-order chi connectivity index (χ0) is 14.3. The van der Waals surface area contributed by atoms with E-state index in [0.29, 0.717) is 24.2 Å². The lowest BCUT2D eigenvalue weighted by Crippen LogP contribution is -2.37. The van der Waals surface area contributed by atoms with Gasteiger partial charge in [0.15, 0.2) is 11.5 Å². The van der Waals surface area contributed by atoms with Crippen molar-refractivity contribution < 1.29 is 24.5 Å². The second kappa shape index (κ2) is 4.74. The summed E-state index contributed by atoms with van der Waals surface area (Å²) in [5.41, 5.74) is -0.758. The van der Waals surface area contributed by atoms with Crippen LogP contribution in [-0.2, 0) is 10.2 Å². The van der Waals surface area contributed by atoms with E-state index in [1.807, 2.05) is 0 Å². The second-order valence-electron chi connectivity index (χ2n) is 5.27. The molecule has 0 amide bonds. The van der Waals surface area contributed by atoms with Crippen molar-refractivity contribution in [1.29, 1.82) is 0 Å². The number of aliphatic carboxylic acids is 1. The minimum atomic E-state index is -1.09. The van der Waals surface area contributed by atoms with Gasteiger partial charge in [-0.15, -0.1) is 0 Å². The van der Waals surface area contributed by atoms with Crippen LogP contribution in [0.3, 0.4) is 0 Å². The van der Waals surface area contributed by atoms with Crippen LogP contribution in [0, 0.1) is 0 Å². The number of fused-ring (bicyclic) bond motifs is 1. The number of phenolic OH excluding ortho intramolecular Hbond substituents is 1. The molecule has 1 aliphatic heterocycles. The molecule has 1 aromatic carbocycles. The molecule has 5 nitrogen and oxygen atoms in total. The summed E-state index contributed by atoms with van der Waals surface area (Å²) in [6.07, 6.45) is 3.63. The summed E-state index contributed by atoms with van der Waals surface area (Å²) in [5.74, 6) is -0.457. The first-order valence-electron chi connectivity index (χ1n) is 6.61. The third kappa shape index (κ3) is 1.80. The molecule has 3 rings (SSSR count). The monoisotopic (exact) mass is 298 g/mol. The molecule has 2 N–H and O–H groups in total. The highest BCUT2D eigenvalue weighted by Crippen LogP contribution is 2.52. The van der Waals surface area contributed by atoms with Crippen LogP contribution in [0.15, 0.2) is 6.07 Å². The molecule has 1 heterocycles. The molecule has 0 bridgehead atoms. The molecule has 0 unspecified atom stereocenters. The summed E-state index contributed by atoms with van der Waals surface area (Å²) in [6, 6.07) is 1.56. The molecule has 0 aromatic heterocycles.